The van der Waals surface area contributed by atoms with Gasteiger partial charge in [-0.15, -0.1) is 0 Å². The molecule has 1 aromatic carbocycles. The molecular formula is C12H13ClFNO5S. The second kappa shape index (κ2) is 6.27. The zero-order chi connectivity index (χ0) is 15.6. The van der Waals surface area contributed by atoms with E-state index in [4.69, 9.17) is 21.4 Å². The summed E-state index contributed by atoms with van der Waals surface area (Å²) in [5.41, 5.74) is 0. The Hall–Kier alpha value is -1.22. The SMILES string of the molecule is O=C(O)CC1COCCN1S(=O)(=O)c1cc(Cl)ccc1F. The van der Waals surface area contributed by atoms with Crippen molar-refractivity contribution in [2.24, 2.45) is 0 Å². The number of hydrogen-bond donors (Lipinski definition) is 1. The van der Waals surface area contributed by atoms with Crippen LogP contribution in [-0.2, 0) is 19.6 Å². The van der Waals surface area contributed by atoms with Gasteiger partial charge in [0.2, 0.25) is 10.0 Å². The minimum Gasteiger partial charge on any atom is -0.481 e. The van der Waals surface area contributed by atoms with Crippen LogP contribution in [0.1, 0.15) is 6.42 Å². The number of nitrogens with zero attached hydrogens (tertiary/aromatic N) is 1. The average Bonchev–Trinajstić information content (AvgIpc) is 2.41. The number of sulfonamides is 1. The molecule has 0 radical (unpaired) electrons. The van der Waals surface area contributed by atoms with Gasteiger partial charge in [0.05, 0.1) is 25.7 Å². The summed E-state index contributed by atoms with van der Waals surface area (Å²) in [7, 11) is -4.18. The standard InChI is InChI=1S/C12H13ClFNO5S/c13-8-1-2-10(14)11(5-8)21(18,19)15-3-4-20-7-9(15)6-12(16)17/h1-2,5,9H,3-4,6-7H2,(H,16,17). The average molecular weight is 338 g/mol. The number of ether oxygens (including phenoxy) is 1. The van der Waals surface area contributed by atoms with Gasteiger partial charge in [0, 0.05) is 11.6 Å². The molecule has 0 spiro atoms. The fourth-order valence-corrected chi connectivity index (χ4v) is 4.04. The summed E-state index contributed by atoms with van der Waals surface area (Å²) in [4.78, 5) is 10.3. The van der Waals surface area contributed by atoms with Crippen LogP contribution in [0.4, 0.5) is 4.39 Å². The first-order valence-corrected chi connectivity index (χ1v) is 7.90. The van der Waals surface area contributed by atoms with Gasteiger partial charge in [-0.05, 0) is 18.2 Å². The van der Waals surface area contributed by atoms with Crippen LogP contribution < -0.4 is 0 Å². The molecule has 1 unspecified atom stereocenters. The van der Waals surface area contributed by atoms with Crippen molar-refractivity contribution in [3.05, 3.63) is 29.0 Å². The zero-order valence-corrected chi connectivity index (χ0v) is 12.4. The molecule has 9 heteroatoms. The minimum atomic E-state index is -4.18. The number of rotatable bonds is 4. The minimum absolute atomic E-state index is 0.0355. The maximum absolute atomic E-state index is 13.8. The van der Waals surface area contributed by atoms with Crippen LogP contribution in [0, 0.1) is 5.82 Å². The molecule has 21 heavy (non-hydrogen) atoms. The van der Waals surface area contributed by atoms with E-state index in [1.807, 2.05) is 0 Å². The topological polar surface area (TPSA) is 83.9 Å². The fraction of sp³-hybridized carbons (Fsp3) is 0.417. The first-order valence-electron chi connectivity index (χ1n) is 6.09. The Morgan fingerprint density at radius 3 is 2.90 bits per heavy atom. The van der Waals surface area contributed by atoms with E-state index in [0.717, 1.165) is 16.4 Å². The van der Waals surface area contributed by atoms with Gasteiger partial charge in [-0.3, -0.25) is 4.79 Å². The second-order valence-corrected chi connectivity index (χ2v) is 6.81. The van der Waals surface area contributed by atoms with Crippen LogP contribution in [0.2, 0.25) is 5.02 Å². The summed E-state index contributed by atoms with van der Waals surface area (Å²) in [5.74, 6) is -2.09. The molecule has 2 rings (SSSR count). The van der Waals surface area contributed by atoms with E-state index in [1.54, 1.807) is 0 Å². The van der Waals surface area contributed by atoms with Crippen LogP contribution in [0.15, 0.2) is 23.1 Å². The summed E-state index contributed by atoms with van der Waals surface area (Å²) in [6.45, 7) is 0.0392. The molecular weight excluding hydrogens is 325 g/mol. The number of benzene rings is 1. The lowest BCUT2D eigenvalue weighted by Gasteiger charge is -2.33. The lowest BCUT2D eigenvalue weighted by atomic mass is 10.2. The van der Waals surface area contributed by atoms with Crippen molar-refractivity contribution >= 4 is 27.6 Å². The summed E-state index contributed by atoms with van der Waals surface area (Å²) < 4.78 is 44.9. The molecule has 1 N–H and O–H groups in total. The summed E-state index contributed by atoms with van der Waals surface area (Å²) in [6.07, 6.45) is -0.415. The zero-order valence-electron chi connectivity index (χ0n) is 10.8. The number of aliphatic carboxylic acids is 1. The number of carboxylic acid groups (broad SMARTS) is 1. The Balaban J connectivity index is 2.40. The monoisotopic (exact) mass is 337 g/mol. The third kappa shape index (κ3) is 3.52. The van der Waals surface area contributed by atoms with Gasteiger partial charge in [0.15, 0.2) is 0 Å². The van der Waals surface area contributed by atoms with Crippen LogP contribution in [0.3, 0.4) is 0 Å². The Morgan fingerprint density at radius 2 is 2.24 bits per heavy atom. The largest absolute Gasteiger partial charge is 0.481 e. The van der Waals surface area contributed by atoms with Gasteiger partial charge in [-0.1, -0.05) is 11.6 Å². The maximum atomic E-state index is 13.8. The molecule has 0 aromatic heterocycles. The molecule has 1 atom stereocenters. The van der Waals surface area contributed by atoms with E-state index in [9.17, 15) is 17.6 Å². The fourth-order valence-electron chi connectivity index (χ4n) is 2.12. The highest BCUT2D eigenvalue weighted by atomic mass is 35.5. The smallest absolute Gasteiger partial charge is 0.305 e. The van der Waals surface area contributed by atoms with E-state index >= 15 is 0 Å². The van der Waals surface area contributed by atoms with Crippen molar-refractivity contribution in [3.63, 3.8) is 0 Å². The van der Waals surface area contributed by atoms with Gasteiger partial charge in [0.25, 0.3) is 0 Å². The predicted octanol–water partition coefficient (Wildman–Crippen LogP) is 1.34. The third-order valence-electron chi connectivity index (χ3n) is 3.06. The third-order valence-corrected chi connectivity index (χ3v) is 5.27. The lowest BCUT2D eigenvalue weighted by Crippen LogP contribution is -2.49. The van der Waals surface area contributed by atoms with E-state index in [2.05, 4.69) is 0 Å². The molecule has 1 aliphatic heterocycles. The van der Waals surface area contributed by atoms with E-state index in [-0.39, 0.29) is 24.8 Å². The number of carbonyl (C=O) groups is 1. The molecule has 1 aliphatic rings. The molecule has 1 heterocycles. The Kier molecular flexibility index (Phi) is 4.82. The molecule has 0 saturated carbocycles. The van der Waals surface area contributed by atoms with Gasteiger partial charge in [-0.25, -0.2) is 12.8 Å². The van der Waals surface area contributed by atoms with Crippen molar-refractivity contribution in [3.8, 4) is 0 Å². The highest BCUT2D eigenvalue weighted by Crippen LogP contribution is 2.26. The second-order valence-electron chi connectivity index (χ2n) is 4.52. The highest BCUT2D eigenvalue weighted by Gasteiger charge is 2.36. The number of carboxylic acids is 1. The Bertz CT molecular complexity index is 651. The Morgan fingerprint density at radius 1 is 1.52 bits per heavy atom. The van der Waals surface area contributed by atoms with E-state index in [0.29, 0.717) is 0 Å². The summed E-state index contributed by atoms with van der Waals surface area (Å²) in [6, 6.07) is 2.34. The highest BCUT2D eigenvalue weighted by molar-refractivity contribution is 7.89. The summed E-state index contributed by atoms with van der Waals surface area (Å²) >= 11 is 5.71. The molecule has 1 aromatic rings. The van der Waals surface area contributed by atoms with E-state index in [1.165, 1.54) is 6.07 Å². The number of morpholine rings is 1. The van der Waals surface area contributed by atoms with Crippen LogP contribution in [0.25, 0.3) is 0 Å². The molecule has 1 saturated heterocycles. The van der Waals surface area contributed by atoms with Crippen LogP contribution >= 0.6 is 11.6 Å². The van der Waals surface area contributed by atoms with Crippen LogP contribution in [0.5, 0.6) is 0 Å². The summed E-state index contributed by atoms with van der Waals surface area (Å²) in [5, 5.41) is 8.93. The van der Waals surface area contributed by atoms with Gasteiger partial charge >= 0.3 is 5.97 Å². The lowest BCUT2D eigenvalue weighted by molar-refractivity contribution is -0.139. The van der Waals surface area contributed by atoms with Crippen LogP contribution in [-0.4, -0.2) is 49.6 Å². The molecule has 1 fully saturated rings. The van der Waals surface area contributed by atoms with Crippen molar-refractivity contribution in [2.45, 2.75) is 17.4 Å². The van der Waals surface area contributed by atoms with Crippen molar-refractivity contribution in [1.82, 2.24) is 4.31 Å². The maximum Gasteiger partial charge on any atom is 0.305 e. The van der Waals surface area contributed by atoms with Gasteiger partial charge in [0.1, 0.15) is 10.7 Å². The van der Waals surface area contributed by atoms with Crippen molar-refractivity contribution < 1.29 is 27.4 Å². The number of halogens is 2. The molecule has 116 valence electrons. The molecule has 0 amide bonds. The first kappa shape index (κ1) is 16.2. The van der Waals surface area contributed by atoms with Crippen molar-refractivity contribution in [1.29, 1.82) is 0 Å². The number of hydrogen-bond acceptors (Lipinski definition) is 4. The predicted molar refractivity (Wildman–Crippen MR) is 72.2 cm³/mol. The van der Waals surface area contributed by atoms with Crippen molar-refractivity contribution in [2.75, 3.05) is 19.8 Å². The normalized spacial score (nSPS) is 20.4. The molecule has 6 nitrogen and oxygen atoms in total. The quantitative estimate of drug-likeness (QED) is 0.896. The van der Waals surface area contributed by atoms with E-state index < -0.39 is 39.2 Å². The first-order chi connectivity index (χ1) is 9.82. The van der Waals surface area contributed by atoms with Gasteiger partial charge in [-0.2, -0.15) is 4.31 Å². The Labute approximate surface area is 126 Å². The van der Waals surface area contributed by atoms with Gasteiger partial charge < -0.3 is 9.84 Å². The molecule has 0 aliphatic carbocycles. The molecule has 0 bridgehead atoms.